The average molecular weight is 222 g/mol. The molecule has 2 unspecified atom stereocenters. The molecule has 0 aliphatic heterocycles. The van der Waals surface area contributed by atoms with E-state index in [4.69, 9.17) is 0 Å². The normalized spacial score (nSPS) is 17.9. The van der Waals surface area contributed by atoms with E-state index in [9.17, 15) is 13.5 Å². The van der Waals surface area contributed by atoms with Crippen LogP contribution in [0.5, 0.6) is 0 Å². The lowest BCUT2D eigenvalue weighted by molar-refractivity contribution is 0.0579. The summed E-state index contributed by atoms with van der Waals surface area (Å²) < 4.78 is 23.3. The van der Waals surface area contributed by atoms with Crippen molar-refractivity contribution in [3.8, 4) is 0 Å². The highest BCUT2D eigenvalue weighted by Gasteiger charge is 2.36. The Balaban J connectivity index is 4.93. The van der Waals surface area contributed by atoms with Crippen molar-refractivity contribution in [2.75, 3.05) is 5.75 Å². The number of rotatable bonds is 4. The monoisotopic (exact) mass is 222 g/mol. The van der Waals surface area contributed by atoms with E-state index in [1.54, 1.807) is 13.8 Å². The summed E-state index contributed by atoms with van der Waals surface area (Å²) in [7, 11) is -3.14. The van der Waals surface area contributed by atoms with E-state index in [2.05, 4.69) is 0 Å². The van der Waals surface area contributed by atoms with Gasteiger partial charge in [0, 0.05) is 5.75 Å². The molecule has 14 heavy (non-hydrogen) atoms. The van der Waals surface area contributed by atoms with E-state index in [1.807, 2.05) is 20.8 Å². The number of aliphatic hydroxyl groups excluding tert-OH is 1. The first-order chi connectivity index (χ1) is 6.16. The Bertz CT molecular complexity index is 262. The molecule has 86 valence electrons. The van der Waals surface area contributed by atoms with Gasteiger partial charge in [0.25, 0.3) is 0 Å². The van der Waals surface area contributed by atoms with Gasteiger partial charge in [0.1, 0.15) is 0 Å². The molecule has 0 fully saturated rings. The molecular weight excluding hydrogens is 200 g/mol. The van der Waals surface area contributed by atoms with Crippen LogP contribution in [0, 0.1) is 5.41 Å². The lowest BCUT2D eigenvalue weighted by Gasteiger charge is -2.31. The van der Waals surface area contributed by atoms with Crippen LogP contribution in [0.3, 0.4) is 0 Å². The van der Waals surface area contributed by atoms with Gasteiger partial charge in [0.2, 0.25) is 0 Å². The first kappa shape index (κ1) is 13.9. The Morgan fingerprint density at radius 1 is 1.21 bits per heavy atom. The Morgan fingerprint density at radius 3 is 1.86 bits per heavy atom. The first-order valence-corrected chi connectivity index (χ1v) is 6.78. The highest BCUT2D eigenvalue weighted by molar-refractivity contribution is 7.92. The Morgan fingerprint density at radius 2 is 1.64 bits per heavy atom. The Hall–Kier alpha value is -0.0900. The molecule has 0 aromatic heterocycles. The minimum Gasteiger partial charge on any atom is -0.391 e. The van der Waals surface area contributed by atoms with E-state index in [0.29, 0.717) is 6.42 Å². The van der Waals surface area contributed by atoms with Gasteiger partial charge in [-0.3, -0.25) is 0 Å². The Labute approximate surface area is 87.4 Å². The maximum atomic E-state index is 11.7. The predicted octanol–water partition coefficient (Wildman–Crippen LogP) is 1.61. The maximum Gasteiger partial charge on any atom is 0.155 e. The molecule has 0 spiro atoms. The van der Waals surface area contributed by atoms with Gasteiger partial charge in [-0.05, 0) is 11.8 Å². The zero-order chi connectivity index (χ0) is 11.6. The van der Waals surface area contributed by atoms with E-state index >= 15 is 0 Å². The second-order valence-corrected chi connectivity index (χ2v) is 7.22. The lowest BCUT2D eigenvalue weighted by atomic mass is 9.86. The fourth-order valence-electron chi connectivity index (χ4n) is 1.45. The summed E-state index contributed by atoms with van der Waals surface area (Å²) in [5.74, 6) is 0.0959. The molecule has 0 saturated heterocycles. The van der Waals surface area contributed by atoms with Crippen LogP contribution in [0.25, 0.3) is 0 Å². The van der Waals surface area contributed by atoms with E-state index in [0.717, 1.165) is 0 Å². The zero-order valence-corrected chi connectivity index (χ0v) is 10.6. The second kappa shape index (κ2) is 4.62. The summed E-state index contributed by atoms with van der Waals surface area (Å²) in [6, 6.07) is 0. The summed E-state index contributed by atoms with van der Waals surface area (Å²) in [5.41, 5.74) is -0.386. The van der Waals surface area contributed by atoms with Crippen LogP contribution in [-0.4, -0.2) is 30.6 Å². The van der Waals surface area contributed by atoms with Crippen molar-refractivity contribution in [3.05, 3.63) is 0 Å². The third kappa shape index (κ3) is 3.24. The third-order valence-electron chi connectivity index (χ3n) is 2.51. The van der Waals surface area contributed by atoms with Gasteiger partial charge in [-0.25, -0.2) is 8.42 Å². The lowest BCUT2D eigenvalue weighted by Crippen LogP contribution is -2.42. The molecule has 4 heteroatoms. The zero-order valence-electron chi connectivity index (χ0n) is 9.74. The van der Waals surface area contributed by atoms with Gasteiger partial charge in [-0.1, -0.05) is 34.6 Å². The molecule has 0 aromatic rings. The first-order valence-electron chi connectivity index (χ1n) is 5.06. The third-order valence-corrected chi connectivity index (χ3v) is 4.82. The number of sulfone groups is 1. The van der Waals surface area contributed by atoms with Crippen molar-refractivity contribution in [1.82, 2.24) is 0 Å². The molecule has 0 heterocycles. The minimum atomic E-state index is -3.14. The van der Waals surface area contributed by atoms with E-state index < -0.39 is 21.2 Å². The molecule has 0 aliphatic carbocycles. The molecule has 0 saturated carbocycles. The SMILES string of the molecule is CCC(C(O)C(C)(C)C)S(=O)(=O)CC. The summed E-state index contributed by atoms with van der Waals surface area (Å²) >= 11 is 0. The highest BCUT2D eigenvalue weighted by atomic mass is 32.2. The summed E-state index contributed by atoms with van der Waals surface area (Å²) in [4.78, 5) is 0. The molecule has 0 aromatic carbocycles. The molecule has 3 nitrogen and oxygen atoms in total. The number of hydrogen-bond donors (Lipinski definition) is 1. The smallest absolute Gasteiger partial charge is 0.155 e. The number of aliphatic hydroxyl groups is 1. The molecule has 0 bridgehead atoms. The van der Waals surface area contributed by atoms with Gasteiger partial charge < -0.3 is 5.11 Å². The van der Waals surface area contributed by atoms with E-state index in [-0.39, 0.29) is 11.2 Å². The van der Waals surface area contributed by atoms with Crippen molar-refractivity contribution in [3.63, 3.8) is 0 Å². The number of hydrogen-bond acceptors (Lipinski definition) is 3. The van der Waals surface area contributed by atoms with E-state index in [1.165, 1.54) is 0 Å². The van der Waals surface area contributed by atoms with Crippen molar-refractivity contribution >= 4 is 9.84 Å². The maximum absolute atomic E-state index is 11.7. The molecule has 0 aliphatic rings. The molecule has 0 rings (SSSR count). The molecule has 0 radical (unpaired) electrons. The van der Waals surface area contributed by atoms with Crippen LogP contribution in [0.15, 0.2) is 0 Å². The van der Waals surface area contributed by atoms with Crippen molar-refractivity contribution in [2.45, 2.75) is 52.4 Å². The molecule has 0 amide bonds. The molecule has 2 atom stereocenters. The van der Waals surface area contributed by atoms with Crippen LogP contribution in [0.4, 0.5) is 0 Å². The average Bonchev–Trinajstić information content (AvgIpc) is 2.03. The fourth-order valence-corrected chi connectivity index (χ4v) is 3.18. The quantitative estimate of drug-likeness (QED) is 0.786. The molecular formula is C10H22O3S. The standard InChI is InChI=1S/C10H22O3S/c1-6-8(14(12,13)7-2)9(11)10(3,4)5/h8-9,11H,6-7H2,1-5H3. The Kier molecular flexibility index (Phi) is 4.59. The molecule has 1 N–H and O–H groups in total. The van der Waals surface area contributed by atoms with Crippen LogP contribution >= 0.6 is 0 Å². The van der Waals surface area contributed by atoms with Crippen molar-refractivity contribution in [1.29, 1.82) is 0 Å². The van der Waals surface area contributed by atoms with Gasteiger partial charge in [-0.15, -0.1) is 0 Å². The predicted molar refractivity (Wildman–Crippen MR) is 59.0 cm³/mol. The van der Waals surface area contributed by atoms with Crippen molar-refractivity contribution < 1.29 is 13.5 Å². The van der Waals surface area contributed by atoms with Crippen LogP contribution in [0.2, 0.25) is 0 Å². The van der Waals surface area contributed by atoms with Crippen LogP contribution < -0.4 is 0 Å². The highest BCUT2D eigenvalue weighted by Crippen LogP contribution is 2.27. The van der Waals surface area contributed by atoms with Gasteiger partial charge >= 0.3 is 0 Å². The van der Waals surface area contributed by atoms with Gasteiger partial charge in [0.15, 0.2) is 9.84 Å². The largest absolute Gasteiger partial charge is 0.391 e. The fraction of sp³-hybridized carbons (Fsp3) is 1.00. The second-order valence-electron chi connectivity index (χ2n) is 4.71. The van der Waals surface area contributed by atoms with Gasteiger partial charge in [-0.2, -0.15) is 0 Å². The van der Waals surface area contributed by atoms with Gasteiger partial charge in [0.05, 0.1) is 11.4 Å². The topological polar surface area (TPSA) is 54.4 Å². The summed E-state index contributed by atoms with van der Waals surface area (Å²) in [6.45, 7) is 8.97. The van der Waals surface area contributed by atoms with Crippen molar-refractivity contribution in [2.24, 2.45) is 5.41 Å². The van der Waals surface area contributed by atoms with Crippen LogP contribution in [0.1, 0.15) is 41.0 Å². The minimum absolute atomic E-state index is 0.0959. The van der Waals surface area contributed by atoms with Crippen LogP contribution in [-0.2, 0) is 9.84 Å². The summed E-state index contributed by atoms with van der Waals surface area (Å²) in [6.07, 6.45) is -0.327. The summed E-state index contributed by atoms with van der Waals surface area (Å²) in [5, 5.41) is 9.30.